The SMILES string of the molecule is C#CCCCC(=O)c1cc(C(C)(C)C)c(O)c(C(C)(C)C)c1.CC(=O)Oc1ccccc1C(=O)OC1OC(=O)c2ccccc21.NC(=O)N1C(=O)/C(=C(\O)c2cccs2)c2cc(Cl)ccc21.NC(=O)N1C(=O)/C(=C(\O)c2cccs2)c2cc(Cl)ccc21. The second-order valence-corrected chi connectivity index (χ2v) is 24.2. The van der Waals surface area contributed by atoms with Gasteiger partial charge in [-0.3, -0.25) is 19.2 Å². The van der Waals surface area contributed by atoms with Gasteiger partial charge in [-0.05, 0) is 107 Å². The molecule has 0 aliphatic carbocycles. The van der Waals surface area contributed by atoms with Crippen LogP contribution in [0.25, 0.3) is 22.7 Å². The molecule has 0 spiro atoms. The number of ketones is 1. The minimum atomic E-state index is -1.11. The fraction of sp³-hybridized carbons (Fsp3) is 0.200. The molecule has 3 aliphatic rings. The van der Waals surface area contributed by atoms with Gasteiger partial charge in [0.25, 0.3) is 18.1 Å². The first-order valence-electron chi connectivity index (χ1n) is 26.5. The number of thiophene rings is 2. The number of hydrogen-bond donors (Lipinski definition) is 5. The predicted octanol–water partition coefficient (Wildman–Crippen LogP) is 14.1. The number of hydrogen-bond acceptors (Lipinski definition) is 16. The Bertz CT molecular complexity index is 3820. The first kappa shape index (κ1) is 65.0. The van der Waals surface area contributed by atoms with Crippen molar-refractivity contribution in [3.63, 3.8) is 0 Å². The summed E-state index contributed by atoms with van der Waals surface area (Å²) in [5.74, 6) is -0.520. The number of aliphatic hydroxyl groups is 2. The number of primary amides is 2. The van der Waals surface area contributed by atoms with Gasteiger partial charge in [-0.25, -0.2) is 29.0 Å². The van der Waals surface area contributed by atoms with Crippen molar-refractivity contribution < 1.29 is 67.9 Å². The van der Waals surface area contributed by atoms with E-state index in [4.69, 9.17) is 55.3 Å². The van der Waals surface area contributed by atoms with Crippen LogP contribution in [0.4, 0.5) is 21.0 Å². The number of urea groups is 2. The summed E-state index contributed by atoms with van der Waals surface area (Å²) in [6, 6.07) is 30.7. The molecule has 0 fully saturated rings. The first-order valence-corrected chi connectivity index (χ1v) is 29.0. The zero-order valence-corrected chi connectivity index (χ0v) is 51.1. The summed E-state index contributed by atoms with van der Waals surface area (Å²) in [5, 5.41) is 35.7. The number of anilines is 2. The molecular formula is C65H58Cl2N4O14S2. The van der Waals surface area contributed by atoms with Crippen LogP contribution >= 0.6 is 45.9 Å². The largest absolute Gasteiger partial charge is 0.507 e. The van der Waals surface area contributed by atoms with E-state index in [1.54, 1.807) is 83.6 Å². The maximum absolute atomic E-state index is 12.4. The van der Waals surface area contributed by atoms with Crippen LogP contribution in [0.15, 0.2) is 132 Å². The highest BCUT2D eigenvalue weighted by Crippen LogP contribution is 2.45. The number of benzene rings is 5. The highest BCUT2D eigenvalue weighted by Gasteiger charge is 2.41. The molecule has 3 aliphatic heterocycles. The number of unbranched alkanes of at least 4 members (excludes halogenated alkanes) is 1. The van der Waals surface area contributed by atoms with Gasteiger partial charge in [0.15, 0.2) is 5.78 Å². The number of para-hydroxylation sites is 1. The van der Waals surface area contributed by atoms with Crippen LogP contribution in [-0.4, -0.2) is 62.9 Å². The van der Waals surface area contributed by atoms with Crippen molar-refractivity contribution in [1.82, 2.24) is 0 Å². The number of carbonyl (C=O) groups is 8. The first-order chi connectivity index (χ1) is 41.0. The number of imide groups is 2. The molecule has 7 N–H and O–H groups in total. The van der Waals surface area contributed by atoms with Gasteiger partial charge in [0.2, 0.25) is 0 Å². The number of terminal acetylenes is 1. The van der Waals surface area contributed by atoms with Crippen LogP contribution < -0.4 is 26.0 Å². The molecule has 448 valence electrons. The van der Waals surface area contributed by atoms with E-state index in [1.165, 1.54) is 66.0 Å². The lowest BCUT2D eigenvalue weighted by Crippen LogP contribution is -2.37. The number of nitrogens with zero attached hydrogens (tertiary/aromatic N) is 2. The van der Waals surface area contributed by atoms with Crippen LogP contribution in [0.1, 0.15) is 143 Å². The van der Waals surface area contributed by atoms with Gasteiger partial charge in [-0.2, -0.15) is 0 Å². The average molecular weight is 1250 g/mol. The quantitative estimate of drug-likeness (QED) is 0.0171. The molecule has 22 heteroatoms. The van der Waals surface area contributed by atoms with Crippen LogP contribution in [0, 0.1) is 12.3 Å². The van der Waals surface area contributed by atoms with Crippen LogP contribution in [-0.2, 0) is 34.7 Å². The molecule has 0 radical (unpaired) electrons. The number of amides is 6. The molecule has 87 heavy (non-hydrogen) atoms. The Labute approximate surface area is 518 Å². The summed E-state index contributed by atoms with van der Waals surface area (Å²) in [6.07, 6.45) is 5.89. The zero-order valence-electron chi connectivity index (χ0n) is 47.9. The summed E-state index contributed by atoms with van der Waals surface area (Å²) in [4.78, 5) is 98.1. The highest BCUT2D eigenvalue weighted by molar-refractivity contribution is 7.11. The molecule has 0 saturated heterocycles. The average Bonchev–Trinajstić information content (AvgIpc) is 1.75. The van der Waals surface area contributed by atoms with E-state index in [-0.39, 0.29) is 50.6 Å². The van der Waals surface area contributed by atoms with Gasteiger partial charge in [0.1, 0.15) is 28.6 Å². The second-order valence-electron chi connectivity index (χ2n) is 21.4. The summed E-state index contributed by atoms with van der Waals surface area (Å²) >= 11 is 14.5. The highest BCUT2D eigenvalue weighted by atomic mass is 35.5. The number of ether oxygens (including phenoxy) is 3. The van der Waals surface area contributed by atoms with Gasteiger partial charge in [-0.15, -0.1) is 35.0 Å². The Morgan fingerprint density at radius 3 is 1.61 bits per heavy atom. The molecule has 0 saturated carbocycles. The van der Waals surface area contributed by atoms with Gasteiger partial charge in [0.05, 0.1) is 37.8 Å². The number of aromatic hydroxyl groups is 1. The van der Waals surface area contributed by atoms with E-state index in [0.717, 1.165) is 20.9 Å². The molecule has 1 atom stereocenters. The maximum Gasteiger partial charge on any atom is 0.345 e. The van der Waals surface area contributed by atoms with Gasteiger partial charge in [-0.1, -0.05) is 107 Å². The van der Waals surface area contributed by atoms with E-state index < -0.39 is 48.1 Å². The number of nitrogens with two attached hydrogens (primary N) is 2. The van der Waals surface area contributed by atoms with Gasteiger partial charge in [0, 0.05) is 63.2 Å². The van der Waals surface area contributed by atoms with Crippen molar-refractivity contribution >= 4 is 127 Å². The number of cyclic esters (lactones) is 1. The molecule has 10 rings (SSSR count). The Hall–Kier alpha value is -9.52. The summed E-state index contributed by atoms with van der Waals surface area (Å²) in [6.45, 7) is 13.5. The Kier molecular flexibility index (Phi) is 20.4. The van der Waals surface area contributed by atoms with E-state index in [2.05, 4.69) is 5.92 Å². The summed E-state index contributed by atoms with van der Waals surface area (Å²) < 4.78 is 15.3. The van der Waals surface area contributed by atoms with Gasteiger partial charge < -0.3 is 41.0 Å². The number of Topliss-reactive ketones (excluding diaryl/α,β-unsaturated/α-hetero) is 1. The Morgan fingerprint density at radius 2 is 1.16 bits per heavy atom. The van der Waals surface area contributed by atoms with Crippen molar-refractivity contribution in [3.05, 3.63) is 196 Å². The van der Waals surface area contributed by atoms with Crippen LogP contribution in [0.2, 0.25) is 10.0 Å². The summed E-state index contributed by atoms with van der Waals surface area (Å²) in [5.41, 5.74) is 14.7. The minimum absolute atomic E-state index is 0.0220. The number of rotatable bonds is 9. The van der Waals surface area contributed by atoms with Crippen LogP contribution in [0.3, 0.4) is 0 Å². The Morgan fingerprint density at radius 1 is 0.678 bits per heavy atom. The number of halogens is 2. The number of aliphatic hydroxyl groups excluding tert-OH is 2. The zero-order chi connectivity index (χ0) is 63.8. The van der Waals surface area contributed by atoms with E-state index in [0.29, 0.717) is 84.0 Å². The smallest absolute Gasteiger partial charge is 0.345 e. The molecule has 1 unspecified atom stereocenters. The fourth-order valence-corrected chi connectivity index (χ4v) is 10.8. The number of phenols is 1. The van der Waals surface area contributed by atoms with E-state index in [9.17, 15) is 53.7 Å². The lowest BCUT2D eigenvalue weighted by atomic mass is 9.78. The van der Waals surface area contributed by atoms with E-state index >= 15 is 0 Å². The monoisotopic (exact) mass is 1250 g/mol. The fourth-order valence-electron chi connectivity index (χ4n) is 9.12. The third-order valence-electron chi connectivity index (χ3n) is 13.2. The standard InChI is InChI=1S/C20H28O2.C17H12O6.2C14H9ClN2O3S/c1-8-9-10-11-17(21)14-12-15(19(2,3)4)18(22)16(13-14)20(5,6)7;1-10(18)21-14-9-5-4-8-13(14)16(20)23-17-12-7-3-2-6-11(12)15(19)22-17;2*15-7-3-4-9-8(6-7)11(13(19)17(9)14(16)20)12(18)10-2-1-5-21-10/h1,12-13,22H,9-11H2,2-7H3;2-9,17H,1H3;2*1-6,18H,(H2,16,20)/b;;2*12-11-. The third kappa shape index (κ3) is 14.8. The number of esters is 3. The normalized spacial score (nSPS) is 14.9. The van der Waals surface area contributed by atoms with E-state index in [1.807, 2.05) is 53.7 Å². The lowest BCUT2D eigenvalue weighted by Gasteiger charge is -2.28. The van der Waals surface area contributed by atoms with Crippen molar-refractivity contribution in [3.8, 4) is 23.8 Å². The van der Waals surface area contributed by atoms with Crippen molar-refractivity contribution in [1.29, 1.82) is 0 Å². The molecule has 6 amide bonds. The van der Waals surface area contributed by atoms with Crippen LogP contribution in [0.5, 0.6) is 11.5 Å². The molecule has 7 aromatic rings. The maximum atomic E-state index is 12.4. The second kappa shape index (κ2) is 27.2. The molecule has 5 aromatic carbocycles. The Balaban J connectivity index is 0.000000166. The van der Waals surface area contributed by atoms with Gasteiger partial charge >= 0.3 is 30.0 Å². The third-order valence-corrected chi connectivity index (χ3v) is 15.4. The topological polar surface area (TPSA) is 283 Å². The number of fused-ring (bicyclic) bond motifs is 3. The predicted molar refractivity (Wildman–Crippen MR) is 335 cm³/mol. The number of phenolic OH excluding ortho intramolecular Hbond substituents is 1. The number of carbonyl (C=O) groups excluding carboxylic acids is 8. The molecule has 0 bridgehead atoms. The molecular weight excluding hydrogens is 1200 g/mol. The molecule has 18 nitrogen and oxygen atoms in total. The summed E-state index contributed by atoms with van der Waals surface area (Å²) in [7, 11) is 0. The van der Waals surface area contributed by atoms with Crippen molar-refractivity contribution in [2.45, 2.75) is 84.8 Å². The molecule has 5 heterocycles. The minimum Gasteiger partial charge on any atom is -0.507 e. The van der Waals surface area contributed by atoms with Crippen molar-refractivity contribution in [2.75, 3.05) is 9.80 Å². The lowest BCUT2D eigenvalue weighted by molar-refractivity contribution is -0.132. The van der Waals surface area contributed by atoms with Crippen molar-refractivity contribution in [2.24, 2.45) is 11.5 Å². The molecule has 2 aromatic heterocycles.